The van der Waals surface area contributed by atoms with Crippen LogP contribution in [0.1, 0.15) is 24.9 Å². The van der Waals surface area contributed by atoms with Crippen LogP contribution in [0.5, 0.6) is 5.75 Å². The van der Waals surface area contributed by atoms with E-state index in [-0.39, 0.29) is 17.7 Å². The van der Waals surface area contributed by atoms with E-state index in [1.165, 1.54) is 0 Å². The van der Waals surface area contributed by atoms with Crippen molar-refractivity contribution in [1.29, 1.82) is 0 Å². The van der Waals surface area contributed by atoms with Crippen LogP contribution in [0, 0.1) is 5.92 Å². The smallest absolute Gasteiger partial charge is 0.308 e. The number of carboxylic acids is 1. The van der Waals surface area contributed by atoms with E-state index in [0.717, 1.165) is 18.7 Å². The number of carboxylic acid groups (broad SMARTS) is 1. The molecule has 1 aromatic carbocycles. The summed E-state index contributed by atoms with van der Waals surface area (Å²) in [6, 6.07) is 6.79. The van der Waals surface area contributed by atoms with Gasteiger partial charge in [0.1, 0.15) is 5.75 Å². The van der Waals surface area contributed by atoms with Crippen molar-refractivity contribution < 1.29 is 15.0 Å². The lowest BCUT2D eigenvalue weighted by Gasteiger charge is -2.25. The molecule has 4 nitrogen and oxygen atoms in total. The van der Waals surface area contributed by atoms with Crippen LogP contribution in [0.25, 0.3) is 0 Å². The van der Waals surface area contributed by atoms with Crippen LogP contribution in [0.2, 0.25) is 0 Å². The predicted molar refractivity (Wildman–Crippen MR) is 63.8 cm³/mol. The average molecular weight is 235 g/mol. The van der Waals surface area contributed by atoms with E-state index in [2.05, 4.69) is 4.90 Å². The lowest BCUT2D eigenvalue weighted by molar-refractivity contribution is -0.142. The van der Waals surface area contributed by atoms with Gasteiger partial charge in [0.25, 0.3) is 0 Å². The average Bonchev–Trinajstić information content (AvgIpc) is 2.72. The van der Waals surface area contributed by atoms with E-state index in [1.807, 2.05) is 13.0 Å². The van der Waals surface area contributed by atoms with Gasteiger partial charge >= 0.3 is 5.97 Å². The fraction of sp³-hybridized carbons (Fsp3) is 0.462. The van der Waals surface area contributed by atoms with Crippen LogP contribution in [0.4, 0.5) is 0 Å². The number of likely N-dealkylation sites (tertiary alicyclic amines) is 1. The minimum atomic E-state index is -0.755. The molecule has 2 atom stereocenters. The van der Waals surface area contributed by atoms with Crippen LogP contribution in [-0.2, 0) is 4.79 Å². The molecule has 0 amide bonds. The van der Waals surface area contributed by atoms with Gasteiger partial charge in [0.2, 0.25) is 0 Å². The first-order chi connectivity index (χ1) is 8.13. The first-order valence-corrected chi connectivity index (χ1v) is 5.89. The maximum atomic E-state index is 11.2. The molecule has 17 heavy (non-hydrogen) atoms. The Kier molecular flexibility index (Phi) is 3.33. The number of aromatic hydroxyl groups is 1. The molecular weight excluding hydrogens is 218 g/mol. The second-order valence-electron chi connectivity index (χ2n) is 4.40. The third-order valence-corrected chi connectivity index (χ3v) is 3.44. The minimum Gasteiger partial charge on any atom is -0.508 e. The number of benzene rings is 1. The first-order valence-electron chi connectivity index (χ1n) is 5.89. The number of carbonyl (C=O) groups is 1. The van der Waals surface area contributed by atoms with Gasteiger partial charge in [-0.05, 0) is 37.2 Å². The molecule has 1 aliphatic rings. The fourth-order valence-corrected chi connectivity index (χ4v) is 2.62. The Morgan fingerprint density at radius 2 is 2.29 bits per heavy atom. The number of aliphatic carboxylic acids is 1. The van der Waals surface area contributed by atoms with Gasteiger partial charge in [0, 0.05) is 6.04 Å². The normalized spacial score (nSPS) is 25.0. The summed E-state index contributed by atoms with van der Waals surface area (Å²) in [6.07, 6.45) is 0.670. The first kappa shape index (κ1) is 11.9. The SMILES string of the molecule is CCN1CC[C@H](C(=O)O)[C@H]1c1cccc(O)c1. The largest absolute Gasteiger partial charge is 0.508 e. The van der Waals surface area contributed by atoms with E-state index in [9.17, 15) is 15.0 Å². The lowest BCUT2D eigenvalue weighted by Crippen LogP contribution is -2.28. The third kappa shape index (κ3) is 2.26. The minimum absolute atomic E-state index is 0.121. The number of nitrogens with zero attached hydrogens (tertiary/aromatic N) is 1. The Morgan fingerprint density at radius 3 is 2.88 bits per heavy atom. The number of hydrogen-bond donors (Lipinski definition) is 2. The van der Waals surface area contributed by atoms with Crippen molar-refractivity contribution in [3.63, 3.8) is 0 Å². The molecule has 0 unspecified atom stereocenters. The van der Waals surface area contributed by atoms with Crippen molar-refractivity contribution in [2.75, 3.05) is 13.1 Å². The van der Waals surface area contributed by atoms with Gasteiger partial charge in [-0.1, -0.05) is 19.1 Å². The zero-order chi connectivity index (χ0) is 12.4. The van der Waals surface area contributed by atoms with Crippen LogP contribution in [-0.4, -0.2) is 34.2 Å². The molecule has 0 aliphatic carbocycles. The van der Waals surface area contributed by atoms with E-state index < -0.39 is 5.97 Å². The van der Waals surface area contributed by atoms with Crippen molar-refractivity contribution in [2.45, 2.75) is 19.4 Å². The van der Waals surface area contributed by atoms with Gasteiger partial charge in [0.05, 0.1) is 5.92 Å². The molecule has 4 heteroatoms. The van der Waals surface area contributed by atoms with Crippen LogP contribution < -0.4 is 0 Å². The molecule has 0 radical (unpaired) electrons. The van der Waals surface area contributed by atoms with Gasteiger partial charge in [-0.2, -0.15) is 0 Å². The number of hydrogen-bond acceptors (Lipinski definition) is 3. The second kappa shape index (κ2) is 4.75. The molecular formula is C13H17NO3. The molecule has 2 N–H and O–H groups in total. The second-order valence-corrected chi connectivity index (χ2v) is 4.40. The summed E-state index contributed by atoms with van der Waals surface area (Å²) in [7, 11) is 0. The standard InChI is InChI=1S/C13H17NO3/c1-2-14-7-6-11(13(16)17)12(14)9-4-3-5-10(15)8-9/h3-5,8,11-12,15H,2,6-7H2,1H3,(H,16,17)/t11-,12+/m0/s1. The molecule has 0 saturated carbocycles. The molecule has 1 aromatic rings. The molecule has 92 valence electrons. The molecule has 1 heterocycles. The Labute approximate surface area is 100 Å². The van der Waals surface area contributed by atoms with Gasteiger partial charge in [-0.3, -0.25) is 9.69 Å². The summed E-state index contributed by atoms with van der Waals surface area (Å²) in [5, 5.41) is 18.7. The highest BCUT2D eigenvalue weighted by molar-refractivity contribution is 5.71. The Balaban J connectivity index is 2.34. The molecule has 1 saturated heterocycles. The Bertz CT molecular complexity index is 419. The number of phenolic OH excluding ortho intramolecular Hbond substituents is 1. The zero-order valence-electron chi connectivity index (χ0n) is 9.84. The summed E-state index contributed by atoms with van der Waals surface area (Å²) in [5.74, 6) is -0.944. The molecule has 1 fully saturated rings. The quantitative estimate of drug-likeness (QED) is 0.839. The molecule has 2 rings (SSSR count). The van der Waals surface area contributed by atoms with Gasteiger partial charge < -0.3 is 10.2 Å². The van der Waals surface area contributed by atoms with Crippen molar-refractivity contribution in [2.24, 2.45) is 5.92 Å². The Hall–Kier alpha value is -1.55. The maximum absolute atomic E-state index is 11.2. The number of rotatable bonds is 3. The van der Waals surface area contributed by atoms with Crippen LogP contribution >= 0.6 is 0 Å². The van der Waals surface area contributed by atoms with Crippen molar-refractivity contribution in [3.8, 4) is 5.75 Å². The van der Waals surface area contributed by atoms with E-state index >= 15 is 0 Å². The summed E-state index contributed by atoms with van der Waals surface area (Å²) in [5.41, 5.74) is 0.886. The number of phenols is 1. The lowest BCUT2D eigenvalue weighted by atomic mass is 9.93. The summed E-state index contributed by atoms with van der Waals surface area (Å²) in [6.45, 7) is 3.65. The van der Waals surface area contributed by atoms with Crippen molar-refractivity contribution in [3.05, 3.63) is 29.8 Å². The Morgan fingerprint density at radius 1 is 1.53 bits per heavy atom. The van der Waals surface area contributed by atoms with E-state index in [0.29, 0.717) is 6.42 Å². The zero-order valence-corrected chi connectivity index (χ0v) is 9.84. The third-order valence-electron chi connectivity index (χ3n) is 3.44. The van der Waals surface area contributed by atoms with E-state index in [4.69, 9.17) is 0 Å². The topological polar surface area (TPSA) is 60.8 Å². The van der Waals surface area contributed by atoms with Crippen LogP contribution in [0.3, 0.4) is 0 Å². The summed E-state index contributed by atoms with van der Waals surface area (Å²) < 4.78 is 0. The van der Waals surface area contributed by atoms with Gasteiger partial charge in [-0.25, -0.2) is 0 Å². The van der Waals surface area contributed by atoms with Crippen LogP contribution in [0.15, 0.2) is 24.3 Å². The molecule has 0 bridgehead atoms. The highest BCUT2D eigenvalue weighted by Crippen LogP contribution is 2.37. The highest BCUT2D eigenvalue weighted by atomic mass is 16.4. The molecule has 1 aliphatic heterocycles. The van der Waals surface area contributed by atoms with E-state index in [1.54, 1.807) is 18.2 Å². The van der Waals surface area contributed by atoms with Gasteiger partial charge in [0.15, 0.2) is 0 Å². The van der Waals surface area contributed by atoms with Gasteiger partial charge in [-0.15, -0.1) is 0 Å². The van der Waals surface area contributed by atoms with Crippen molar-refractivity contribution >= 4 is 5.97 Å². The monoisotopic (exact) mass is 235 g/mol. The predicted octanol–water partition coefficient (Wildman–Crippen LogP) is 1.86. The maximum Gasteiger partial charge on any atom is 0.308 e. The highest BCUT2D eigenvalue weighted by Gasteiger charge is 2.38. The summed E-state index contributed by atoms with van der Waals surface area (Å²) >= 11 is 0. The van der Waals surface area contributed by atoms with Crippen molar-refractivity contribution in [1.82, 2.24) is 4.90 Å². The molecule has 0 aromatic heterocycles. The summed E-state index contributed by atoms with van der Waals surface area (Å²) in [4.78, 5) is 13.4. The fourth-order valence-electron chi connectivity index (χ4n) is 2.62. The molecule has 0 spiro atoms.